The SMILES string of the molecule is CC(=O)c1cccc(NC(=O)N[C@H]2CCCC[C@@H]2n2cccn2)c1. The maximum atomic E-state index is 12.3. The van der Waals surface area contributed by atoms with Gasteiger partial charge < -0.3 is 10.6 Å². The molecule has 24 heavy (non-hydrogen) atoms. The number of hydrogen-bond donors (Lipinski definition) is 2. The Morgan fingerprint density at radius 2 is 2.04 bits per heavy atom. The summed E-state index contributed by atoms with van der Waals surface area (Å²) in [6, 6.07) is 8.85. The summed E-state index contributed by atoms with van der Waals surface area (Å²) in [7, 11) is 0. The van der Waals surface area contributed by atoms with Crippen LogP contribution in [0.15, 0.2) is 42.7 Å². The fourth-order valence-corrected chi connectivity index (χ4v) is 3.22. The molecule has 0 aliphatic heterocycles. The van der Waals surface area contributed by atoms with Crippen LogP contribution in [0.4, 0.5) is 10.5 Å². The molecule has 1 aromatic heterocycles. The molecule has 0 bridgehead atoms. The van der Waals surface area contributed by atoms with Crippen LogP contribution >= 0.6 is 0 Å². The number of rotatable bonds is 4. The monoisotopic (exact) mass is 326 g/mol. The highest BCUT2D eigenvalue weighted by atomic mass is 16.2. The molecule has 1 aliphatic carbocycles. The lowest BCUT2D eigenvalue weighted by Crippen LogP contribution is -2.45. The van der Waals surface area contributed by atoms with Gasteiger partial charge in [0.2, 0.25) is 0 Å². The first kappa shape index (κ1) is 16.2. The number of nitrogens with one attached hydrogen (secondary N) is 2. The van der Waals surface area contributed by atoms with Crippen molar-refractivity contribution in [1.29, 1.82) is 0 Å². The number of urea groups is 1. The summed E-state index contributed by atoms with van der Waals surface area (Å²) in [6.45, 7) is 1.51. The Morgan fingerprint density at radius 1 is 1.21 bits per heavy atom. The van der Waals surface area contributed by atoms with Gasteiger partial charge in [-0.3, -0.25) is 9.48 Å². The summed E-state index contributed by atoms with van der Waals surface area (Å²) in [6.07, 6.45) is 7.89. The smallest absolute Gasteiger partial charge is 0.319 e. The molecule has 6 nitrogen and oxygen atoms in total. The summed E-state index contributed by atoms with van der Waals surface area (Å²) in [4.78, 5) is 23.8. The molecule has 2 atom stereocenters. The Balaban J connectivity index is 1.65. The molecule has 0 radical (unpaired) electrons. The van der Waals surface area contributed by atoms with Crippen LogP contribution in [-0.2, 0) is 0 Å². The van der Waals surface area contributed by atoms with Gasteiger partial charge in [-0.25, -0.2) is 4.79 Å². The number of hydrogen-bond acceptors (Lipinski definition) is 3. The first-order valence-corrected chi connectivity index (χ1v) is 8.31. The van der Waals surface area contributed by atoms with Gasteiger partial charge in [-0.15, -0.1) is 0 Å². The molecule has 0 unspecified atom stereocenters. The normalized spacial score (nSPS) is 20.4. The van der Waals surface area contributed by atoms with E-state index < -0.39 is 0 Å². The molecule has 3 rings (SSSR count). The molecule has 0 spiro atoms. The third kappa shape index (κ3) is 3.82. The van der Waals surface area contributed by atoms with Gasteiger partial charge in [0.05, 0.1) is 12.1 Å². The van der Waals surface area contributed by atoms with E-state index in [0.717, 1.165) is 25.7 Å². The van der Waals surface area contributed by atoms with E-state index in [1.54, 1.807) is 30.5 Å². The van der Waals surface area contributed by atoms with Gasteiger partial charge in [-0.05, 0) is 38.0 Å². The van der Waals surface area contributed by atoms with E-state index in [0.29, 0.717) is 11.3 Å². The maximum absolute atomic E-state index is 12.3. The van der Waals surface area contributed by atoms with E-state index in [2.05, 4.69) is 15.7 Å². The van der Waals surface area contributed by atoms with Crippen LogP contribution in [0.2, 0.25) is 0 Å². The summed E-state index contributed by atoms with van der Waals surface area (Å²) >= 11 is 0. The third-order valence-corrected chi connectivity index (χ3v) is 4.44. The summed E-state index contributed by atoms with van der Waals surface area (Å²) < 4.78 is 1.93. The van der Waals surface area contributed by atoms with Gasteiger partial charge >= 0.3 is 6.03 Å². The maximum Gasteiger partial charge on any atom is 0.319 e. The van der Waals surface area contributed by atoms with Crippen molar-refractivity contribution >= 4 is 17.5 Å². The van der Waals surface area contributed by atoms with E-state index in [1.165, 1.54) is 6.92 Å². The van der Waals surface area contributed by atoms with Gasteiger partial charge in [0.1, 0.15) is 0 Å². The minimum atomic E-state index is -0.250. The Hall–Kier alpha value is -2.63. The minimum absolute atomic E-state index is 0.0231. The number of carbonyl (C=O) groups excluding carboxylic acids is 2. The molecular weight excluding hydrogens is 304 g/mol. The zero-order valence-electron chi connectivity index (χ0n) is 13.7. The van der Waals surface area contributed by atoms with Crippen molar-refractivity contribution in [3.05, 3.63) is 48.3 Å². The molecule has 1 heterocycles. The fourth-order valence-electron chi connectivity index (χ4n) is 3.22. The van der Waals surface area contributed by atoms with Crippen molar-refractivity contribution in [2.45, 2.75) is 44.7 Å². The van der Waals surface area contributed by atoms with Crippen molar-refractivity contribution < 1.29 is 9.59 Å². The molecule has 2 aromatic rings. The predicted octanol–water partition coefficient (Wildman–Crippen LogP) is 3.39. The van der Waals surface area contributed by atoms with Crippen molar-refractivity contribution in [3.63, 3.8) is 0 Å². The number of amides is 2. The highest BCUT2D eigenvalue weighted by Crippen LogP contribution is 2.28. The number of Topliss-reactive ketones (excluding diaryl/α,β-unsaturated/α-hetero) is 1. The standard InChI is InChI=1S/C18H22N4O2/c1-13(23)14-6-4-7-15(12-14)20-18(24)21-16-8-2-3-9-17(16)22-11-5-10-19-22/h4-7,10-12,16-17H,2-3,8-9H2,1H3,(H2,20,21,24)/t16-,17-/m0/s1. The van der Waals surface area contributed by atoms with Gasteiger partial charge in [0, 0.05) is 23.6 Å². The fraction of sp³-hybridized carbons (Fsp3) is 0.389. The van der Waals surface area contributed by atoms with Crippen LogP contribution in [0.25, 0.3) is 0 Å². The highest BCUT2D eigenvalue weighted by molar-refractivity contribution is 5.96. The van der Waals surface area contributed by atoms with Crippen molar-refractivity contribution in [2.24, 2.45) is 0 Å². The van der Waals surface area contributed by atoms with Crippen molar-refractivity contribution in [2.75, 3.05) is 5.32 Å². The van der Waals surface area contributed by atoms with E-state index in [-0.39, 0.29) is 23.9 Å². The van der Waals surface area contributed by atoms with Gasteiger partial charge in [0.25, 0.3) is 0 Å². The zero-order valence-corrected chi connectivity index (χ0v) is 13.7. The Bertz CT molecular complexity index is 712. The van der Waals surface area contributed by atoms with E-state index in [1.807, 2.05) is 16.9 Å². The lowest BCUT2D eigenvalue weighted by molar-refractivity contribution is 0.101. The van der Waals surface area contributed by atoms with E-state index in [9.17, 15) is 9.59 Å². The molecule has 1 saturated carbocycles. The summed E-state index contributed by atoms with van der Waals surface area (Å²) in [5, 5.41) is 10.2. The summed E-state index contributed by atoms with van der Waals surface area (Å²) in [5.41, 5.74) is 1.20. The second kappa shape index (κ2) is 7.29. The lowest BCUT2D eigenvalue weighted by atomic mass is 9.90. The Morgan fingerprint density at radius 3 is 2.79 bits per heavy atom. The van der Waals surface area contributed by atoms with Crippen LogP contribution in [0, 0.1) is 0 Å². The highest BCUT2D eigenvalue weighted by Gasteiger charge is 2.28. The van der Waals surface area contributed by atoms with Crippen LogP contribution < -0.4 is 10.6 Å². The molecule has 0 saturated heterocycles. The van der Waals surface area contributed by atoms with Crippen LogP contribution in [0.1, 0.15) is 49.0 Å². The van der Waals surface area contributed by atoms with Crippen molar-refractivity contribution in [1.82, 2.24) is 15.1 Å². The topological polar surface area (TPSA) is 76.0 Å². The second-order valence-electron chi connectivity index (χ2n) is 6.18. The van der Waals surface area contributed by atoms with Crippen LogP contribution in [0.5, 0.6) is 0 Å². The first-order chi connectivity index (χ1) is 11.6. The predicted molar refractivity (Wildman–Crippen MR) is 92.1 cm³/mol. The second-order valence-corrected chi connectivity index (χ2v) is 6.18. The molecule has 2 amide bonds. The van der Waals surface area contributed by atoms with Gasteiger partial charge in [-0.2, -0.15) is 5.10 Å². The quantitative estimate of drug-likeness (QED) is 0.846. The number of benzene rings is 1. The molecule has 6 heteroatoms. The van der Waals surface area contributed by atoms with E-state index >= 15 is 0 Å². The molecule has 2 N–H and O–H groups in total. The Labute approximate surface area is 141 Å². The summed E-state index contributed by atoms with van der Waals surface area (Å²) in [5.74, 6) is -0.0231. The van der Waals surface area contributed by atoms with Crippen molar-refractivity contribution in [3.8, 4) is 0 Å². The lowest BCUT2D eigenvalue weighted by Gasteiger charge is -2.32. The first-order valence-electron chi connectivity index (χ1n) is 8.31. The molecule has 1 fully saturated rings. The van der Waals surface area contributed by atoms with Gasteiger partial charge in [-0.1, -0.05) is 25.0 Å². The average Bonchev–Trinajstić information content (AvgIpc) is 3.10. The molecule has 126 valence electrons. The number of ketones is 1. The largest absolute Gasteiger partial charge is 0.333 e. The van der Waals surface area contributed by atoms with Crippen LogP contribution in [0.3, 0.4) is 0 Å². The number of carbonyl (C=O) groups is 2. The molecule has 1 aromatic carbocycles. The third-order valence-electron chi connectivity index (χ3n) is 4.44. The number of aromatic nitrogens is 2. The average molecular weight is 326 g/mol. The molecule has 1 aliphatic rings. The Kier molecular flexibility index (Phi) is 4.93. The van der Waals surface area contributed by atoms with Gasteiger partial charge in [0.15, 0.2) is 5.78 Å². The minimum Gasteiger partial charge on any atom is -0.333 e. The number of anilines is 1. The van der Waals surface area contributed by atoms with Crippen LogP contribution in [-0.4, -0.2) is 27.6 Å². The molecular formula is C18H22N4O2. The number of nitrogens with zero attached hydrogens (tertiary/aromatic N) is 2. The van der Waals surface area contributed by atoms with E-state index in [4.69, 9.17) is 0 Å². The zero-order chi connectivity index (χ0) is 16.9.